The van der Waals surface area contributed by atoms with E-state index in [-0.39, 0.29) is 0 Å². The molecule has 1 atom stereocenters. The van der Waals surface area contributed by atoms with Crippen LogP contribution in [0.1, 0.15) is 24.9 Å². The van der Waals surface area contributed by atoms with E-state index in [0.29, 0.717) is 12.0 Å². The summed E-state index contributed by atoms with van der Waals surface area (Å²) in [5.41, 5.74) is 5.92. The number of hydrogen-bond donors (Lipinski definition) is 3. The van der Waals surface area contributed by atoms with E-state index in [4.69, 9.17) is 10.8 Å². The zero-order chi connectivity index (χ0) is 10.0. The molecule has 0 saturated heterocycles. The molecule has 0 fully saturated rings. The van der Waals surface area contributed by atoms with Crippen molar-refractivity contribution in [2.24, 2.45) is 5.73 Å². The molecule has 1 aromatic carbocycles. The molecule has 0 heterocycles. The monoisotopic (exact) mass is 185 g/mol. The second-order valence-corrected chi connectivity index (χ2v) is 2.85. The molecular formula is C9H12FNO2. The predicted octanol–water partition coefficient (Wildman–Crippen LogP) is 1.65. The zero-order valence-corrected chi connectivity index (χ0v) is 7.29. The third-order valence-corrected chi connectivity index (χ3v) is 1.97. The van der Waals surface area contributed by atoms with Gasteiger partial charge in [0.05, 0.1) is 0 Å². The van der Waals surface area contributed by atoms with Gasteiger partial charge < -0.3 is 15.9 Å². The Morgan fingerprint density at radius 2 is 2.08 bits per heavy atom. The van der Waals surface area contributed by atoms with Gasteiger partial charge in [-0.1, -0.05) is 6.92 Å². The third-order valence-electron chi connectivity index (χ3n) is 1.97. The molecule has 0 amide bonds. The van der Waals surface area contributed by atoms with Gasteiger partial charge >= 0.3 is 0 Å². The van der Waals surface area contributed by atoms with Crippen molar-refractivity contribution < 1.29 is 14.6 Å². The number of phenolic OH excluding ortho intramolecular Hbond substituents is 2. The molecular weight excluding hydrogens is 173 g/mol. The third kappa shape index (κ3) is 1.72. The molecule has 72 valence electrons. The Morgan fingerprint density at radius 3 is 2.62 bits per heavy atom. The smallest absolute Gasteiger partial charge is 0.206 e. The highest BCUT2D eigenvalue weighted by atomic mass is 19.1. The van der Waals surface area contributed by atoms with Gasteiger partial charge in [0.1, 0.15) is 0 Å². The molecule has 0 aromatic heterocycles. The van der Waals surface area contributed by atoms with Crippen LogP contribution in [-0.2, 0) is 0 Å². The number of halogens is 1. The number of nitrogens with two attached hydrogens (primary N) is 1. The number of benzene rings is 1. The van der Waals surface area contributed by atoms with E-state index in [9.17, 15) is 9.50 Å². The number of hydrogen-bond acceptors (Lipinski definition) is 3. The van der Waals surface area contributed by atoms with Crippen molar-refractivity contribution in [1.82, 2.24) is 0 Å². The van der Waals surface area contributed by atoms with E-state index in [1.54, 1.807) is 0 Å². The summed E-state index contributed by atoms with van der Waals surface area (Å²) >= 11 is 0. The van der Waals surface area contributed by atoms with Crippen molar-refractivity contribution in [2.45, 2.75) is 19.4 Å². The van der Waals surface area contributed by atoms with Crippen molar-refractivity contribution in [1.29, 1.82) is 0 Å². The largest absolute Gasteiger partial charge is 0.505 e. The zero-order valence-electron chi connectivity index (χ0n) is 7.29. The van der Waals surface area contributed by atoms with Crippen LogP contribution in [0.2, 0.25) is 0 Å². The minimum Gasteiger partial charge on any atom is -0.505 e. The van der Waals surface area contributed by atoms with Gasteiger partial charge in [-0.3, -0.25) is 0 Å². The molecule has 4 heteroatoms. The van der Waals surface area contributed by atoms with Crippen molar-refractivity contribution >= 4 is 0 Å². The van der Waals surface area contributed by atoms with Crippen molar-refractivity contribution in [3.8, 4) is 11.5 Å². The van der Waals surface area contributed by atoms with Crippen LogP contribution in [0.5, 0.6) is 11.5 Å². The average Bonchev–Trinajstić information content (AvgIpc) is 2.13. The van der Waals surface area contributed by atoms with Crippen LogP contribution in [-0.4, -0.2) is 10.2 Å². The lowest BCUT2D eigenvalue weighted by molar-refractivity contribution is 0.382. The van der Waals surface area contributed by atoms with Crippen LogP contribution in [0.4, 0.5) is 4.39 Å². The summed E-state index contributed by atoms with van der Waals surface area (Å²) in [6, 6.07) is 2.19. The summed E-state index contributed by atoms with van der Waals surface area (Å²) in [6.07, 6.45) is 0.595. The van der Waals surface area contributed by atoms with Crippen LogP contribution in [0.3, 0.4) is 0 Å². The quantitative estimate of drug-likeness (QED) is 0.656. The summed E-state index contributed by atoms with van der Waals surface area (Å²) in [6.45, 7) is 1.83. The number of aromatic hydroxyl groups is 2. The Morgan fingerprint density at radius 1 is 1.46 bits per heavy atom. The molecule has 4 N–H and O–H groups in total. The molecule has 0 spiro atoms. The standard InChI is InChI=1S/C9H12FNO2/c1-2-6(11)5-3-4-7(12)8(10)9(5)13/h3-4,6,12-13H,2,11H2,1H3. The van der Waals surface area contributed by atoms with E-state index < -0.39 is 23.4 Å². The second-order valence-electron chi connectivity index (χ2n) is 2.85. The van der Waals surface area contributed by atoms with Gasteiger partial charge in [0.25, 0.3) is 0 Å². The molecule has 0 radical (unpaired) electrons. The highest BCUT2D eigenvalue weighted by Crippen LogP contribution is 2.32. The molecule has 13 heavy (non-hydrogen) atoms. The normalized spacial score (nSPS) is 12.8. The van der Waals surface area contributed by atoms with Gasteiger partial charge in [0.2, 0.25) is 5.82 Å². The van der Waals surface area contributed by atoms with Gasteiger partial charge in [-0.25, -0.2) is 0 Å². The van der Waals surface area contributed by atoms with Crippen molar-refractivity contribution in [3.63, 3.8) is 0 Å². The maximum absolute atomic E-state index is 12.9. The van der Waals surface area contributed by atoms with E-state index >= 15 is 0 Å². The first-order valence-electron chi connectivity index (χ1n) is 4.03. The summed E-state index contributed by atoms with van der Waals surface area (Å²) in [5.74, 6) is -2.14. The minimum atomic E-state index is -1.01. The lowest BCUT2D eigenvalue weighted by Crippen LogP contribution is -2.09. The van der Waals surface area contributed by atoms with E-state index in [1.807, 2.05) is 6.92 Å². The van der Waals surface area contributed by atoms with E-state index in [1.165, 1.54) is 12.1 Å². The molecule has 0 bridgehead atoms. The molecule has 0 saturated carbocycles. The molecule has 1 rings (SSSR count). The average molecular weight is 185 g/mol. The number of rotatable bonds is 2. The molecule has 1 unspecified atom stereocenters. The number of phenols is 2. The first-order valence-corrected chi connectivity index (χ1v) is 4.03. The van der Waals surface area contributed by atoms with E-state index in [2.05, 4.69) is 0 Å². The van der Waals surface area contributed by atoms with Crippen LogP contribution in [0.25, 0.3) is 0 Å². The van der Waals surface area contributed by atoms with E-state index in [0.717, 1.165) is 0 Å². The molecule has 0 aliphatic rings. The van der Waals surface area contributed by atoms with Crippen LogP contribution in [0, 0.1) is 5.82 Å². The van der Waals surface area contributed by atoms with Gasteiger partial charge in [0.15, 0.2) is 11.5 Å². The van der Waals surface area contributed by atoms with Crippen LogP contribution in [0.15, 0.2) is 12.1 Å². The Bertz CT molecular complexity index is 315. The minimum absolute atomic E-state index is 0.317. The van der Waals surface area contributed by atoms with Crippen LogP contribution < -0.4 is 5.73 Å². The topological polar surface area (TPSA) is 66.5 Å². The highest BCUT2D eigenvalue weighted by Gasteiger charge is 2.15. The summed E-state index contributed by atoms with van der Waals surface area (Å²) < 4.78 is 12.9. The van der Waals surface area contributed by atoms with Gasteiger partial charge in [0, 0.05) is 11.6 Å². The Kier molecular flexibility index (Phi) is 2.72. The SMILES string of the molecule is CCC(N)c1ccc(O)c(F)c1O. The fraction of sp³-hybridized carbons (Fsp3) is 0.333. The maximum Gasteiger partial charge on any atom is 0.206 e. The highest BCUT2D eigenvalue weighted by molar-refractivity contribution is 5.42. The lowest BCUT2D eigenvalue weighted by Gasteiger charge is -2.11. The van der Waals surface area contributed by atoms with Gasteiger partial charge in [-0.15, -0.1) is 0 Å². The fourth-order valence-electron chi connectivity index (χ4n) is 1.09. The lowest BCUT2D eigenvalue weighted by atomic mass is 10.0. The molecule has 3 nitrogen and oxygen atoms in total. The second kappa shape index (κ2) is 3.62. The maximum atomic E-state index is 12.9. The van der Waals surface area contributed by atoms with Gasteiger partial charge in [-0.2, -0.15) is 4.39 Å². The first kappa shape index (κ1) is 9.80. The van der Waals surface area contributed by atoms with Gasteiger partial charge in [-0.05, 0) is 18.6 Å². The fourth-order valence-corrected chi connectivity index (χ4v) is 1.09. The van der Waals surface area contributed by atoms with Crippen LogP contribution >= 0.6 is 0 Å². The first-order chi connectivity index (χ1) is 6.07. The summed E-state index contributed by atoms with van der Waals surface area (Å²) in [7, 11) is 0. The Balaban J connectivity index is 3.18. The molecule has 0 aliphatic heterocycles. The van der Waals surface area contributed by atoms with Crippen molar-refractivity contribution in [2.75, 3.05) is 0 Å². The summed E-state index contributed by atoms with van der Waals surface area (Å²) in [4.78, 5) is 0. The predicted molar refractivity (Wildman–Crippen MR) is 46.9 cm³/mol. The van der Waals surface area contributed by atoms with Crippen molar-refractivity contribution in [3.05, 3.63) is 23.5 Å². The summed E-state index contributed by atoms with van der Waals surface area (Å²) in [5, 5.41) is 18.2. The Hall–Kier alpha value is -1.29. The molecule has 0 aliphatic carbocycles. The Labute approximate surface area is 75.6 Å². The molecule has 1 aromatic rings.